The molecule has 2 aromatic carbocycles. The van der Waals surface area contributed by atoms with Crippen molar-refractivity contribution < 1.29 is 19.5 Å². The number of benzene rings is 2. The van der Waals surface area contributed by atoms with Gasteiger partial charge in [-0.2, -0.15) is 0 Å². The van der Waals surface area contributed by atoms with Gasteiger partial charge in [0, 0.05) is 18.5 Å². The molecule has 2 amide bonds. The molecule has 0 bridgehead atoms. The van der Waals surface area contributed by atoms with Gasteiger partial charge in [-0.25, -0.2) is 4.79 Å². The smallest absolute Gasteiger partial charge is 0.337 e. The minimum absolute atomic E-state index is 0.0276. The van der Waals surface area contributed by atoms with Gasteiger partial charge in [-0.3, -0.25) is 9.59 Å². The molecular formula is C20H20N2O4. The van der Waals surface area contributed by atoms with E-state index in [4.69, 9.17) is 0 Å². The van der Waals surface area contributed by atoms with Crippen molar-refractivity contribution in [1.29, 1.82) is 0 Å². The number of aryl methyl sites for hydroxylation is 1. The maximum atomic E-state index is 12.0. The fraction of sp³-hybridized carbons (Fsp3) is 0.250. The predicted molar refractivity (Wildman–Crippen MR) is 99.2 cm³/mol. The minimum Gasteiger partial charge on any atom is -0.478 e. The Balaban J connectivity index is 1.97. The highest BCUT2D eigenvalue weighted by Crippen LogP contribution is 2.33. The van der Waals surface area contributed by atoms with E-state index in [9.17, 15) is 19.5 Å². The second-order valence-corrected chi connectivity index (χ2v) is 6.54. The number of carboxylic acid groups (broad SMARTS) is 1. The van der Waals surface area contributed by atoms with Crippen LogP contribution in [0.25, 0.3) is 11.1 Å². The summed E-state index contributed by atoms with van der Waals surface area (Å²) >= 11 is 0. The Kier molecular flexibility index (Phi) is 4.75. The Labute approximate surface area is 151 Å². The standard InChI is InChI=1S/C20H20N2O4/c1-11-3-7-15(22-19(24)13-4-5-13)10-17(11)14-6-8-16(20(25)26)18(9-14)21-12(2)23/h3,6-10,13H,4-5H2,1-2H3,(H,21,23)(H,22,24)(H,25,26). The van der Waals surface area contributed by atoms with Crippen LogP contribution in [0.1, 0.15) is 35.7 Å². The van der Waals surface area contributed by atoms with Crippen molar-refractivity contribution in [1.82, 2.24) is 0 Å². The van der Waals surface area contributed by atoms with Gasteiger partial charge < -0.3 is 15.7 Å². The van der Waals surface area contributed by atoms with Crippen molar-refractivity contribution in [2.75, 3.05) is 10.6 Å². The van der Waals surface area contributed by atoms with Crippen molar-refractivity contribution in [2.45, 2.75) is 26.7 Å². The molecule has 1 aliphatic rings. The lowest BCUT2D eigenvalue weighted by molar-refractivity contribution is -0.117. The summed E-state index contributed by atoms with van der Waals surface area (Å²) in [4.78, 5) is 34.7. The summed E-state index contributed by atoms with van der Waals surface area (Å²) in [6.45, 7) is 3.27. The van der Waals surface area contributed by atoms with Crippen LogP contribution in [0.2, 0.25) is 0 Å². The third-order valence-electron chi connectivity index (χ3n) is 4.32. The van der Waals surface area contributed by atoms with Crippen LogP contribution in [0, 0.1) is 12.8 Å². The zero-order valence-corrected chi connectivity index (χ0v) is 14.6. The highest BCUT2D eigenvalue weighted by Gasteiger charge is 2.29. The van der Waals surface area contributed by atoms with Crippen LogP contribution in [-0.4, -0.2) is 22.9 Å². The number of aromatic carboxylic acids is 1. The zero-order chi connectivity index (χ0) is 18.8. The van der Waals surface area contributed by atoms with Gasteiger partial charge in [-0.05, 0) is 60.7 Å². The van der Waals surface area contributed by atoms with Crippen molar-refractivity contribution >= 4 is 29.2 Å². The largest absolute Gasteiger partial charge is 0.478 e. The molecule has 1 fully saturated rings. The average molecular weight is 352 g/mol. The lowest BCUT2D eigenvalue weighted by Crippen LogP contribution is -2.13. The van der Waals surface area contributed by atoms with E-state index in [0.29, 0.717) is 5.69 Å². The van der Waals surface area contributed by atoms with Gasteiger partial charge in [0.05, 0.1) is 11.3 Å². The Hall–Kier alpha value is -3.15. The molecule has 2 aromatic rings. The van der Waals surface area contributed by atoms with Crippen LogP contribution in [0.15, 0.2) is 36.4 Å². The number of anilines is 2. The molecule has 0 unspecified atom stereocenters. The molecule has 0 spiro atoms. The van der Waals surface area contributed by atoms with Crippen LogP contribution < -0.4 is 10.6 Å². The molecule has 0 atom stereocenters. The van der Waals surface area contributed by atoms with Gasteiger partial charge in [-0.1, -0.05) is 12.1 Å². The molecule has 1 saturated carbocycles. The number of amides is 2. The first kappa shape index (κ1) is 17.7. The maximum Gasteiger partial charge on any atom is 0.337 e. The highest BCUT2D eigenvalue weighted by atomic mass is 16.4. The Morgan fingerprint density at radius 2 is 1.77 bits per heavy atom. The molecule has 0 heterocycles. The first-order valence-corrected chi connectivity index (χ1v) is 8.42. The minimum atomic E-state index is -1.11. The number of carbonyl (C=O) groups is 3. The summed E-state index contributed by atoms with van der Waals surface area (Å²) in [6, 6.07) is 10.4. The number of carbonyl (C=O) groups excluding carboxylic acids is 2. The van der Waals surface area contributed by atoms with Crippen LogP contribution in [0.5, 0.6) is 0 Å². The first-order valence-electron chi connectivity index (χ1n) is 8.42. The second-order valence-electron chi connectivity index (χ2n) is 6.54. The molecule has 0 aliphatic heterocycles. The molecule has 1 aliphatic carbocycles. The number of hydrogen-bond acceptors (Lipinski definition) is 3. The molecular weight excluding hydrogens is 332 g/mol. The molecule has 26 heavy (non-hydrogen) atoms. The van der Waals surface area contributed by atoms with E-state index < -0.39 is 5.97 Å². The van der Waals surface area contributed by atoms with E-state index in [0.717, 1.165) is 29.5 Å². The number of hydrogen-bond donors (Lipinski definition) is 3. The third-order valence-corrected chi connectivity index (χ3v) is 4.32. The lowest BCUT2D eigenvalue weighted by Gasteiger charge is -2.13. The van der Waals surface area contributed by atoms with Crippen molar-refractivity contribution in [2.24, 2.45) is 5.92 Å². The van der Waals surface area contributed by atoms with Crippen molar-refractivity contribution in [3.8, 4) is 11.1 Å². The lowest BCUT2D eigenvalue weighted by atomic mass is 9.97. The van der Waals surface area contributed by atoms with Crippen LogP contribution in [0.3, 0.4) is 0 Å². The van der Waals surface area contributed by atoms with Gasteiger partial charge in [0.2, 0.25) is 11.8 Å². The number of carboxylic acids is 1. The third kappa shape index (κ3) is 3.91. The van der Waals surface area contributed by atoms with E-state index >= 15 is 0 Å². The summed E-state index contributed by atoms with van der Waals surface area (Å²) < 4.78 is 0. The van der Waals surface area contributed by atoms with E-state index in [1.165, 1.54) is 13.0 Å². The summed E-state index contributed by atoms with van der Waals surface area (Å²) in [6.07, 6.45) is 1.86. The Morgan fingerprint density at radius 3 is 2.38 bits per heavy atom. The van der Waals surface area contributed by atoms with Gasteiger partial charge >= 0.3 is 5.97 Å². The van der Waals surface area contributed by atoms with Gasteiger partial charge in [0.25, 0.3) is 0 Å². The van der Waals surface area contributed by atoms with Crippen molar-refractivity contribution in [3.05, 3.63) is 47.5 Å². The molecule has 0 radical (unpaired) electrons. The normalized spacial score (nSPS) is 13.2. The van der Waals surface area contributed by atoms with Gasteiger partial charge in [-0.15, -0.1) is 0 Å². The molecule has 3 rings (SSSR count). The fourth-order valence-corrected chi connectivity index (χ4v) is 2.79. The summed E-state index contributed by atoms with van der Waals surface area (Å²) in [5.41, 5.74) is 3.58. The highest BCUT2D eigenvalue weighted by molar-refractivity contribution is 6.01. The summed E-state index contributed by atoms with van der Waals surface area (Å²) in [5, 5.41) is 14.8. The Bertz CT molecular complexity index is 901. The van der Waals surface area contributed by atoms with Crippen LogP contribution in [-0.2, 0) is 9.59 Å². The topological polar surface area (TPSA) is 95.5 Å². The SMILES string of the molecule is CC(=O)Nc1cc(-c2cc(NC(=O)C3CC3)ccc2C)ccc1C(=O)O. The summed E-state index contributed by atoms with van der Waals surface area (Å²) in [7, 11) is 0. The van der Waals surface area contributed by atoms with E-state index in [-0.39, 0.29) is 29.0 Å². The second kappa shape index (κ2) is 7.00. The predicted octanol–water partition coefficient (Wildman–Crippen LogP) is 3.67. The van der Waals surface area contributed by atoms with E-state index in [1.807, 2.05) is 25.1 Å². The van der Waals surface area contributed by atoms with Crippen molar-refractivity contribution in [3.63, 3.8) is 0 Å². The number of nitrogens with one attached hydrogen (secondary N) is 2. The number of rotatable bonds is 5. The monoisotopic (exact) mass is 352 g/mol. The molecule has 0 aromatic heterocycles. The molecule has 3 N–H and O–H groups in total. The Morgan fingerprint density at radius 1 is 1.04 bits per heavy atom. The van der Waals surface area contributed by atoms with Gasteiger partial charge in [0.15, 0.2) is 0 Å². The quantitative estimate of drug-likeness (QED) is 0.765. The molecule has 0 saturated heterocycles. The van der Waals surface area contributed by atoms with Gasteiger partial charge in [0.1, 0.15) is 0 Å². The molecule has 6 heteroatoms. The van der Waals surface area contributed by atoms with Crippen LogP contribution in [0.4, 0.5) is 11.4 Å². The maximum absolute atomic E-state index is 12.0. The first-order chi connectivity index (χ1) is 12.3. The molecule has 6 nitrogen and oxygen atoms in total. The fourth-order valence-electron chi connectivity index (χ4n) is 2.79. The molecule has 134 valence electrons. The zero-order valence-electron chi connectivity index (χ0n) is 14.6. The van der Waals surface area contributed by atoms with Crippen LogP contribution >= 0.6 is 0 Å². The van der Waals surface area contributed by atoms with E-state index in [1.54, 1.807) is 12.1 Å². The summed E-state index contributed by atoms with van der Waals surface area (Å²) in [5.74, 6) is -1.31. The van der Waals surface area contributed by atoms with E-state index in [2.05, 4.69) is 10.6 Å². The average Bonchev–Trinajstić information content (AvgIpc) is 3.40.